The van der Waals surface area contributed by atoms with Crippen LogP contribution in [0.25, 0.3) is 92.6 Å². The summed E-state index contributed by atoms with van der Waals surface area (Å²) < 4.78 is 0. The Morgan fingerprint density at radius 3 is 1.82 bits per heavy atom. The van der Waals surface area contributed by atoms with E-state index < -0.39 is 0 Å². The summed E-state index contributed by atoms with van der Waals surface area (Å²) in [6, 6.07) is 15.1. The van der Waals surface area contributed by atoms with E-state index in [1.807, 2.05) is 32.7 Å². The van der Waals surface area contributed by atoms with Crippen LogP contribution in [0.5, 0.6) is 0 Å². The van der Waals surface area contributed by atoms with Crippen LogP contribution < -0.4 is 15.7 Å². The molecule has 7 atom stereocenters. The van der Waals surface area contributed by atoms with E-state index in [0.29, 0.717) is 29.6 Å². The van der Waals surface area contributed by atoms with Crippen molar-refractivity contribution in [1.29, 1.82) is 0 Å². The predicted octanol–water partition coefficient (Wildman–Crippen LogP) is 9.52. The maximum absolute atomic E-state index is 2.74. The summed E-state index contributed by atoms with van der Waals surface area (Å²) in [4.78, 5) is 0. The van der Waals surface area contributed by atoms with Gasteiger partial charge in [-0.05, 0) is 204 Å². The van der Waals surface area contributed by atoms with E-state index in [-0.39, 0.29) is 10.8 Å². The molecule has 0 heteroatoms. The quantitative estimate of drug-likeness (QED) is 0.146. The molecule has 0 nitrogen and oxygen atoms in total. The molecular weight excluding hydrogens is 601 g/mol. The fourth-order valence-corrected chi connectivity index (χ4v) is 18.3. The zero-order valence-corrected chi connectivity index (χ0v) is 28.4. The van der Waals surface area contributed by atoms with Gasteiger partial charge in [0.2, 0.25) is 0 Å². The number of rotatable bonds is 0. The zero-order chi connectivity index (χ0) is 31.4. The molecule has 0 aliphatic heterocycles. The molecule has 5 unspecified atom stereocenters. The maximum atomic E-state index is 2.74. The second-order valence-corrected chi connectivity index (χ2v) is 18.9. The first kappa shape index (κ1) is 23.1. The lowest BCUT2D eigenvalue weighted by atomic mass is 9.34. The van der Waals surface area contributed by atoms with E-state index in [2.05, 4.69) is 56.3 Å². The van der Waals surface area contributed by atoms with Crippen molar-refractivity contribution in [2.75, 3.05) is 0 Å². The van der Waals surface area contributed by atoms with Crippen LogP contribution in [-0.4, -0.2) is 0 Å². The Hall–Kier alpha value is -4.42. The first-order valence-corrected chi connectivity index (χ1v) is 20.1. The Bertz CT molecular complexity index is 3570. The molecule has 9 aliphatic rings. The van der Waals surface area contributed by atoms with Gasteiger partial charge in [-0.2, -0.15) is 0 Å². The first-order chi connectivity index (χ1) is 24.7. The van der Waals surface area contributed by atoms with Crippen molar-refractivity contribution in [2.24, 2.45) is 11.8 Å². The molecule has 0 amide bonds. The third-order valence-corrected chi connectivity index (χ3v) is 18.8. The summed E-state index contributed by atoms with van der Waals surface area (Å²) in [6.07, 6.45) is 11.7. The SMILES string of the molecule is C[C@@H]1c2ccccc2[C@H](C)C23c4c5c6c7c8ccc9c%10c%11c%12c%13c(c%14c%15c%16c(c%17c4c(c6c8%10)c%11c%17c%13%15)C12C(CCC3C=5CC7)C=%16CC%14)=CCC9%12. The highest BCUT2D eigenvalue weighted by molar-refractivity contribution is 6.54. The zero-order valence-electron chi connectivity index (χ0n) is 28.4. The maximum Gasteiger partial charge on any atom is 0.0206 e. The minimum Gasteiger partial charge on any atom is -0.0754 e. The molecule has 9 aromatic rings. The van der Waals surface area contributed by atoms with Crippen molar-refractivity contribution >= 4 is 92.6 Å². The number of aryl methyl sites for hydroxylation is 2. The average Bonchev–Trinajstić information content (AvgIpc) is 3.96. The molecule has 1 fully saturated rings. The van der Waals surface area contributed by atoms with Gasteiger partial charge in [0.15, 0.2) is 0 Å². The summed E-state index contributed by atoms with van der Waals surface area (Å²) in [7, 11) is 0. The molecule has 18 rings (SSSR count). The Balaban J connectivity index is 1.31. The molecule has 0 radical (unpaired) electrons. The second-order valence-electron chi connectivity index (χ2n) is 18.9. The van der Waals surface area contributed by atoms with Crippen LogP contribution >= 0.6 is 0 Å². The van der Waals surface area contributed by atoms with E-state index in [1.165, 1.54) is 44.9 Å². The Labute approximate surface area is 287 Å². The Morgan fingerprint density at radius 2 is 1.12 bits per heavy atom. The molecule has 50 heavy (non-hydrogen) atoms. The molecule has 0 heterocycles. The summed E-state index contributed by atoms with van der Waals surface area (Å²) in [5, 5.41) is 29.4. The number of fused-ring (bicyclic) bond motifs is 6. The minimum absolute atomic E-state index is 0.129. The van der Waals surface area contributed by atoms with Crippen LogP contribution in [0.3, 0.4) is 0 Å². The smallest absolute Gasteiger partial charge is 0.0206 e. The van der Waals surface area contributed by atoms with Gasteiger partial charge in [0.05, 0.1) is 0 Å². The molecular formula is C50H32. The van der Waals surface area contributed by atoms with E-state index in [4.69, 9.17) is 0 Å². The minimum atomic E-state index is 0.129. The highest BCUT2D eigenvalue weighted by atomic mass is 14.8. The lowest BCUT2D eigenvalue weighted by Crippen LogP contribution is -2.66. The van der Waals surface area contributed by atoms with Gasteiger partial charge < -0.3 is 0 Å². The van der Waals surface area contributed by atoms with Crippen LogP contribution in [0.15, 0.2) is 36.4 Å². The van der Waals surface area contributed by atoms with Crippen LogP contribution in [0, 0.1) is 11.8 Å². The van der Waals surface area contributed by atoms with E-state index in [9.17, 15) is 0 Å². The van der Waals surface area contributed by atoms with Crippen molar-refractivity contribution in [2.45, 2.75) is 87.4 Å². The number of hydrogen-bond acceptors (Lipinski definition) is 0. The molecule has 1 saturated carbocycles. The van der Waals surface area contributed by atoms with Crippen molar-refractivity contribution in [3.05, 3.63) is 96.6 Å². The van der Waals surface area contributed by atoms with E-state index in [0.717, 1.165) is 0 Å². The second kappa shape index (κ2) is 6.12. The third-order valence-electron chi connectivity index (χ3n) is 18.8. The lowest BCUT2D eigenvalue weighted by Gasteiger charge is -2.68. The van der Waals surface area contributed by atoms with Crippen LogP contribution in [0.1, 0.15) is 108 Å². The van der Waals surface area contributed by atoms with Crippen LogP contribution in [0.4, 0.5) is 0 Å². The molecule has 0 N–H and O–H groups in total. The van der Waals surface area contributed by atoms with E-state index in [1.54, 1.807) is 114 Å². The fraction of sp³-hybridized carbons (Fsp3) is 0.320. The van der Waals surface area contributed by atoms with Gasteiger partial charge in [0.25, 0.3) is 0 Å². The van der Waals surface area contributed by atoms with Crippen LogP contribution in [-0.2, 0) is 23.7 Å². The highest BCUT2D eigenvalue weighted by Crippen LogP contribution is 2.80. The standard InChI is InChI=1S/C50H32/c1-17-19-5-3-4-6-20(19)18(2)50-30-16-15-29-27-13-11-25-23-9-7-21-22-8-10-24-26-12-14-28(30)38-36(26)41-34(24)32(22)39-31(21)33(23)40-35(25)37(27)47(49(17,29)50)45-43(40)42(39)44(41)46(45)48(38)50/h3-7,9-10,17-18,22,29-30H,8,11-16H2,1-2H3/t17-,18+,22?,29?,30?,49?,50?/m0/s1. The summed E-state index contributed by atoms with van der Waals surface area (Å²) in [5.41, 5.74) is 18.1. The highest BCUT2D eigenvalue weighted by Gasteiger charge is 2.76. The summed E-state index contributed by atoms with van der Waals surface area (Å²) in [5.74, 6) is 2.87. The molecule has 9 aromatic carbocycles. The number of hydrogen-bond donors (Lipinski definition) is 0. The summed E-state index contributed by atoms with van der Waals surface area (Å²) in [6.45, 7) is 5.47. The van der Waals surface area contributed by atoms with Gasteiger partial charge in [-0.3, -0.25) is 0 Å². The van der Waals surface area contributed by atoms with Crippen molar-refractivity contribution < 1.29 is 0 Å². The molecule has 0 saturated heterocycles. The van der Waals surface area contributed by atoms with Gasteiger partial charge in [-0.25, -0.2) is 0 Å². The molecule has 0 bridgehead atoms. The van der Waals surface area contributed by atoms with Crippen molar-refractivity contribution in [3.63, 3.8) is 0 Å². The van der Waals surface area contributed by atoms with Gasteiger partial charge >= 0.3 is 0 Å². The normalized spacial score (nSPS) is 33.7. The molecule has 232 valence electrons. The number of benzene rings is 6. The topological polar surface area (TPSA) is 0 Å². The average molecular weight is 633 g/mol. The van der Waals surface area contributed by atoms with Gasteiger partial charge in [0.1, 0.15) is 0 Å². The summed E-state index contributed by atoms with van der Waals surface area (Å²) >= 11 is 0. The Morgan fingerprint density at radius 1 is 0.520 bits per heavy atom. The lowest BCUT2D eigenvalue weighted by molar-refractivity contribution is 0.0206. The van der Waals surface area contributed by atoms with Gasteiger partial charge in [0, 0.05) is 16.7 Å². The predicted molar refractivity (Wildman–Crippen MR) is 205 cm³/mol. The third kappa shape index (κ3) is 1.57. The monoisotopic (exact) mass is 632 g/mol. The van der Waals surface area contributed by atoms with E-state index >= 15 is 0 Å². The molecule has 2 spiro atoms. The van der Waals surface area contributed by atoms with Crippen molar-refractivity contribution in [3.8, 4) is 0 Å². The van der Waals surface area contributed by atoms with Gasteiger partial charge in [-0.1, -0.05) is 67.5 Å². The first-order valence-electron chi connectivity index (χ1n) is 20.1. The van der Waals surface area contributed by atoms with Gasteiger partial charge in [-0.15, -0.1) is 0 Å². The largest absolute Gasteiger partial charge is 0.0754 e. The molecule has 9 aliphatic carbocycles. The Kier molecular flexibility index (Phi) is 2.83. The fourth-order valence-electron chi connectivity index (χ4n) is 18.3. The van der Waals surface area contributed by atoms with Crippen molar-refractivity contribution in [1.82, 2.24) is 0 Å². The molecule has 0 aromatic heterocycles. The van der Waals surface area contributed by atoms with Crippen LogP contribution in [0.2, 0.25) is 0 Å².